The van der Waals surface area contributed by atoms with E-state index in [1.165, 1.54) is 6.42 Å². The van der Waals surface area contributed by atoms with Gasteiger partial charge in [0.2, 0.25) is 0 Å². The van der Waals surface area contributed by atoms with Crippen LogP contribution in [0.3, 0.4) is 0 Å². The zero-order valence-corrected chi connectivity index (χ0v) is 14.4. The van der Waals surface area contributed by atoms with Gasteiger partial charge in [-0.2, -0.15) is 0 Å². The largest absolute Gasteiger partial charge is 0.465 e. The maximum absolute atomic E-state index is 12.2. The van der Waals surface area contributed by atoms with E-state index in [0.29, 0.717) is 12.6 Å². The number of hydrogen-bond acceptors (Lipinski definition) is 5. The number of nitrogens with zero attached hydrogens (tertiary/aromatic N) is 2. The number of carbonyl (C=O) groups is 1. The van der Waals surface area contributed by atoms with Crippen LogP contribution in [0.4, 0.5) is 0 Å². The summed E-state index contributed by atoms with van der Waals surface area (Å²) in [5, 5.41) is 3.38. The molecule has 1 heterocycles. The Kier molecular flexibility index (Phi) is 7.63. The molecule has 1 aliphatic rings. The standard InChI is InChI=1S/C16H33N3O2/c1-6-10-17-16(3,15(20)21-7-2)9-12-19-11-8-14(13-19)18(4)5/h14,17H,6-13H2,1-5H3. The lowest BCUT2D eigenvalue weighted by Gasteiger charge is -2.30. The molecule has 1 saturated heterocycles. The molecule has 0 amide bonds. The summed E-state index contributed by atoms with van der Waals surface area (Å²) in [5.74, 6) is -0.123. The normalized spacial score (nSPS) is 22.5. The van der Waals surface area contributed by atoms with E-state index >= 15 is 0 Å². The molecule has 0 aromatic carbocycles. The van der Waals surface area contributed by atoms with Crippen molar-refractivity contribution < 1.29 is 9.53 Å². The predicted molar refractivity (Wildman–Crippen MR) is 86.5 cm³/mol. The third-order valence-electron chi connectivity index (χ3n) is 4.40. The third kappa shape index (κ3) is 5.57. The minimum absolute atomic E-state index is 0.123. The summed E-state index contributed by atoms with van der Waals surface area (Å²) in [6, 6.07) is 0.641. The van der Waals surface area contributed by atoms with Crippen LogP contribution in [0.2, 0.25) is 0 Å². The summed E-state index contributed by atoms with van der Waals surface area (Å²) in [6.45, 7) is 10.4. The van der Waals surface area contributed by atoms with Gasteiger partial charge in [0.05, 0.1) is 6.61 Å². The highest BCUT2D eigenvalue weighted by molar-refractivity contribution is 5.80. The van der Waals surface area contributed by atoms with Crippen molar-refractivity contribution >= 4 is 5.97 Å². The van der Waals surface area contributed by atoms with Crippen LogP contribution in [0.5, 0.6) is 0 Å². The maximum Gasteiger partial charge on any atom is 0.326 e. The van der Waals surface area contributed by atoms with Crippen molar-refractivity contribution in [1.29, 1.82) is 0 Å². The van der Waals surface area contributed by atoms with E-state index in [-0.39, 0.29) is 5.97 Å². The van der Waals surface area contributed by atoms with Gasteiger partial charge in [-0.25, -0.2) is 0 Å². The molecule has 5 heteroatoms. The molecule has 2 unspecified atom stereocenters. The van der Waals surface area contributed by atoms with Crippen LogP contribution in [0.1, 0.15) is 40.0 Å². The van der Waals surface area contributed by atoms with Crippen molar-refractivity contribution in [2.75, 3.05) is 46.9 Å². The lowest BCUT2D eigenvalue weighted by molar-refractivity contribution is -0.151. The molecule has 5 nitrogen and oxygen atoms in total. The first-order chi connectivity index (χ1) is 9.92. The molecule has 124 valence electrons. The molecule has 0 aromatic heterocycles. The molecule has 0 radical (unpaired) electrons. The van der Waals surface area contributed by atoms with Crippen molar-refractivity contribution in [3.63, 3.8) is 0 Å². The number of likely N-dealkylation sites (N-methyl/N-ethyl adjacent to an activating group) is 1. The first-order valence-electron chi connectivity index (χ1n) is 8.24. The van der Waals surface area contributed by atoms with Crippen molar-refractivity contribution in [2.24, 2.45) is 0 Å². The first-order valence-corrected chi connectivity index (χ1v) is 8.24. The van der Waals surface area contributed by atoms with Gasteiger partial charge in [-0.05, 0) is 60.3 Å². The molecule has 1 aliphatic heterocycles. The molecule has 2 atom stereocenters. The Bertz CT molecular complexity index is 323. The van der Waals surface area contributed by atoms with Crippen molar-refractivity contribution in [2.45, 2.75) is 51.6 Å². The second kappa shape index (κ2) is 8.71. The summed E-state index contributed by atoms with van der Waals surface area (Å²) in [5.41, 5.74) is -0.567. The van der Waals surface area contributed by atoms with Crippen LogP contribution < -0.4 is 5.32 Å². The van der Waals surface area contributed by atoms with Crippen LogP contribution in [0, 0.1) is 0 Å². The zero-order valence-electron chi connectivity index (χ0n) is 14.4. The van der Waals surface area contributed by atoms with E-state index < -0.39 is 5.54 Å². The number of likely N-dealkylation sites (tertiary alicyclic amines) is 1. The van der Waals surface area contributed by atoms with Gasteiger partial charge in [0.25, 0.3) is 0 Å². The molecule has 0 aromatic rings. The Morgan fingerprint density at radius 3 is 2.67 bits per heavy atom. The molecule has 0 saturated carbocycles. The summed E-state index contributed by atoms with van der Waals surface area (Å²) >= 11 is 0. The van der Waals surface area contributed by atoms with E-state index in [0.717, 1.165) is 39.0 Å². The highest BCUT2D eigenvalue weighted by atomic mass is 16.5. The van der Waals surface area contributed by atoms with Gasteiger partial charge >= 0.3 is 5.97 Å². The number of ether oxygens (including phenoxy) is 1. The number of rotatable bonds is 9. The Hall–Kier alpha value is -0.650. The average Bonchev–Trinajstić information content (AvgIpc) is 2.92. The van der Waals surface area contributed by atoms with Gasteiger partial charge in [-0.1, -0.05) is 6.92 Å². The van der Waals surface area contributed by atoms with Gasteiger partial charge in [0, 0.05) is 19.1 Å². The molecule has 21 heavy (non-hydrogen) atoms. The fourth-order valence-corrected chi connectivity index (χ4v) is 2.77. The van der Waals surface area contributed by atoms with Gasteiger partial charge < -0.3 is 19.9 Å². The second-order valence-electron chi connectivity index (χ2n) is 6.44. The number of carbonyl (C=O) groups excluding carboxylic acids is 1. The topological polar surface area (TPSA) is 44.8 Å². The van der Waals surface area contributed by atoms with Crippen molar-refractivity contribution in [1.82, 2.24) is 15.1 Å². The molecular formula is C16H33N3O2. The van der Waals surface area contributed by atoms with E-state index in [9.17, 15) is 4.79 Å². The molecular weight excluding hydrogens is 266 g/mol. The Balaban J connectivity index is 2.51. The summed E-state index contributed by atoms with van der Waals surface area (Å²) in [6.07, 6.45) is 3.03. The molecule has 0 spiro atoms. The minimum atomic E-state index is -0.567. The first kappa shape index (κ1) is 18.4. The van der Waals surface area contributed by atoms with E-state index in [4.69, 9.17) is 4.74 Å². The summed E-state index contributed by atoms with van der Waals surface area (Å²) < 4.78 is 5.25. The fourth-order valence-electron chi connectivity index (χ4n) is 2.77. The molecule has 1 fully saturated rings. The van der Waals surface area contributed by atoms with Crippen molar-refractivity contribution in [3.8, 4) is 0 Å². The quantitative estimate of drug-likeness (QED) is 0.651. The minimum Gasteiger partial charge on any atom is -0.465 e. The van der Waals surface area contributed by atoms with Crippen LogP contribution >= 0.6 is 0 Å². The maximum atomic E-state index is 12.2. The summed E-state index contributed by atoms with van der Waals surface area (Å²) in [4.78, 5) is 17.0. The molecule has 1 rings (SSSR count). The van der Waals surface area contributed by atoms with Crippen molar-refractivity contribution in [3.05, 3.63) is 0 Å². The highest BCUT2D eigenvalue weighted by Crippen LogP contribution is 2.18. The molecule has 0 aliphatic carbocycles. The highest BCUT2D eigenvalue weighted by Gasteiger charge is 2.35. The fraction of sp³-hybridized carbons (Fsp3) is 0.938. The Morgan fingerprint density at radius 2 is 2.14 bits per heavy atom. The average molecular weight is 299 g/mol. The van der Waals surface area contributed by atoms with Gasteiger partial charge in [-0.15, -0.1) is 0 Å². The number of esters is 1. The van der Waals surface area contributed by atoms with E-state index in [1.54, 1.807) is 0 Å². The zero-order chi connectivity index (χ0) is 15.9. The second-order valence-corrected chi connectivity index (χ2v) is 6.44. The molecule has 1 N–H and O–H groups in total. The number of hydrogen-bond donors (Lipinski definition) is 1. The predicted octanol–water partition coefficient (Wildman–Crippen LogP) is 1.33. The molecule has 0 bridgehead atoms. The smallest absolute Gasteiger partial charge is 0.326 e. The van der Waals surface area contributed by atoms with Crippen LogP contribution in [0.25, 0.3) is 0 Å². The van der Waals surface area contributed by atoms with Gasteiger partial charge in [-0.3, -0.25) is 4.79 Å². The SMILES string of the molecule is CCCNC(C)(CCN1CCC(N(C)C)C1)C(=O)OCC. The number of nitrogens with one attached hydrogen (secondary N) is 1. The lowest BCUT2D eigenvalue weighted by atomic mass is 9.97. The lowest BCUT2D eigenvalue weighted by Crippen LogP contribution is -2.52. The summed E-state index contributed by atoms with van der Waals surface area (Å²) in [7, 11) is 4.28. The Labute approximate surface area is 130 Å². The van der Waals surface area contributed by atoms with Gasteiger partial charge in [0.15, 0.2) is 0 Å². The van der Waals surface area contributed by atoms with Crippen LogP contribution in [0.15, 0.2) is 0 Å². The Morgan fingerprint density at radius 1 is 1.43 bits per heavy atom. The third-order valence-corrected chi connectivity index (χ3v) is 4.40. The van der Waals surface area contributed by atoms with Crippen LogP contribution in [-0.2, 0) is 9.53 Å². The van der Waals surface area contributed by atoms with Crippen LogP contribution in [-0.4, -0.2) is 74.2 Å². The van der Waals surface area contributed by atoms with E-state index in [2.05, 4.69) is 36.1 Å². The van der Waals surface area contributed by atoms with E-state index in [1.807, 2.05) is 13.8 Å². The van der Waals surface area contributed by atoms with Gasteiger partial charge in [0.1, 0.15) is 5.54 Å². The monoisotopic (exact) mass is 299 g/mol.